The monoisotopic (exact) mass is 381 g/mol. The standard InChI is InChI=1S/C21H27N5O2/c1-14-10-15(2)13-26(12-14)20-19(16(11-22)21(27)23-8-9-28-3)24-17-6-4-5-7-18(17)25-20/h4-7,14-16H,8-10,12-13H2,1-3H3,(H,23,27)/t14-,15-,16-/m1/s1. The number of nitrogens with one attached hydrogen (secondary N) is 1. The van der Waals surface area contributed by atoms with E-state index in [0.29, 0.717) is 42.0 Å². The highest BCUT2D eigenvalue weighted by atomic mass is 16.5. The average Bonchev–Trinajstić information content (AvgIpc) is 2.67. The Bertz CT molecular complexity index is 869. The highest BCUT2D eigenvalue weighted by Gasteiger charge is 2.31. The number of hydrogen-bond donors (Lipinski definition) is 1. The molecule has 1 fully saturated rings. The maximum Gasteiger partial charge on any atom is 0.243 e. The summed E-state index contributed by atoms with van der Waals surface area (Å²) in [7, 11) is 1.57. The van der Waals surface area contributed by atoms with Crippen molar-refractivity contribution in [2.75, 3.05) is 38.3 Å². The second kappa shape index (κ2) is 8.98. The van der Waals surface area contributed by atoms with Gasteiger partial charge in [-0.3, -0.25) is 4.79 Å². The van der Waals surface area contributed by atoms with Crippen molar-refractivity contribution in [1.82, 2.24) is 15.3 Å². The fraction of sp³-hybridized carbons (Fsp3) is 0.524. The molecule has 0 radical (unpaired) electrons. The summed E-state index contributed by atoms with van der Waals surface area (Å²) in [4.78, 5) is 24.4. The molecule has 0 unspecified atom stereocenters. The van der Waals surface area contributed by atoms with Crippen molar-refractivity contribution in [3.63, 3.8) is 0 Å². The highest BCUT2D eigenvalue weighted by Crippen LogP contribution is 2.31. The van der Waals surface area contributed by atoms with E-state index < -0.39 is 5.92 Å². The van der Waals surface area contributed by atoms with Crippen LogP contribution in [0.2, 0.25) is 0 Å². The Morgan fingerprint density at radius 1 is 1.29 bits per heavy atom. The van der Waals surface area contributed by atoms with Crippen molar-refractivity contribution in [1.29, 1.82) is 5.26 Å². The number of rotatable bonds is 6. The number of fused-ring (bicyclic) bond motifs is 1. The molecule has 28 heavy (non-hydrogen) atoms. The molecule has 2 aromatic rings. The van der Waals surface area contributed by atoms with Crippen LogP contribution in [0.5, 0.6) is 0 Å². The SMILES string of the molecule is COCCNC(=O)[C@H](C#N)c1nc2ccccc2nc1N1C[C@H](C)C[C@@H](C)C1. The van der Waals surface area contributed by atoms with E-state index >= 15 is 0 Å². The van der Waals surface area contributed by atoms with Crippen LogP contribution in [0.4, 0.5) is 5.82 Å². The van der Waals surface area contributed by atoms with Gasteiger partial charge in [-0.15, -0.1) is 0 Å². The molecule has 1 N–H and O–H groups in total. The smallest absolute Gasteiger partial charge is 0.243 e. The Morgan fingerprint density at radius 2 is 1.93 bits per heavy atom. The van der Waals surface area contributed by atoms with Crippen LogP contribution in [0.25, 0.3) is 11.0 Å². The van der Waals surface area contributed by atoms with Gasteiger partial charge >= 0.3 is 0 Å². The zero-order chi connectivity index (χ0) is 20.1. The Morgan fingerprint density at radius 3 is 2.54 bits per heavy atom. The van der Waals surface area contributed by atoms with Crippen molar-refractivity contribution in [3.05, 3.63) is 30.0 Å². The van der Waals surface area contributed by atoms with Gasteiger partial charge in [0.2, 0.25) is 5.91 Å². The lowest BCUT2D eigenvalue weighted by Gasteiger charge is -2.36. The first-order chi connectivity index (χ1) is 13.5. The van der Waals surface area contributed by atoms with Crippen LogP contribution in [-0.4, -0.2) is 49.2 Å². The third-order valence-electron chi connectivity index (χ3n) is 5.02. The molecule has 1 saturated heterocycles. The molecule has 1 aromatic carbocycles. The van der Waals surface area contributed by atoms with Gasteiger partial charge in [-0.05, 0) is 30.4 Å². The van der Waals surface area contributed by atoms with Gasteiger partial charge < -0.3 is 15.0 Å². The van der Waals surface area contributed by atoms with E-state index in [0.717, 1.165) is 25.0 Å². The van der Waals surface area contributed by atoms with E-state index in [4.69, 9.17) is 14.7 Å². The molecule has 0 saturated carbocycles. The maximum atomic E-state index is 12.7. The first-order valence-electron chi connectivity index (χ1n) is 9.71. The lowest BCUT2D eigenvalue weighted by atomic mass is 9.91. The van der Waals surface area contributed by atoms with Gasteiger partial charge in [-0.1, -0.05) is 26.0 Å². The van der Waals surface area contributed by atoms with Gasteiger partial charge in [0.15, 0.2) is 11.7 Å². The number of benzene rings is 1. The minimum Gasteiger partial charge on any atom is -0.383 e. The van der Waals surface area contributed by atoms with Crippen molar-refractivity contribution in [2.24, 2.45) is 11.8 Å². The number of piperidine rings is 1. The Balaban J connectivity index is 2.03. The minimum absolute atomic E-state index is 0.349. The fourth-order valence-electron chi connectivity index (χ4n) is 3.89. The molecule has 1 aliphatic rings. The van der Waals surface area contributed by atoms with E-state index in [2.05, 4.69) is 30.1 Å². The van der Waals surface area contributed by atoms with Crippen LogP contribution in [0.15, 0.2) is 24.3 Å². The number of carbonyl (C=O) groups is 1. The number of hydrogen-bond acceptors (Lipinski definition) is 6. The molecule has 7 nitrogen and oxygen atoms in total. The Hall–Kier alpha value is -2.72. The van der Waals surface area contributed by atoms with Crippen LogP contribution in [-0.2, 0) is 9.53 Å². The molecule has 1 amide bonds. The van der Waals surface area contributed by atoms with Crippen molar-refractivity contribution in [3.8, 4) is 6.07 Å². The van der Waals surface area contributed by atoms with E-state index in [1.165, 1.54) is 0 Å². The molecule has 2 heterocycles. The third kappa shape index (κ3) is 4.39. The number of ether oxygens (including phenoxy) is 1. The quantitative estimate of drug-likeness (QED) is 0.773. The molecular weight excluding hydrogens is 354 g/mol. The van der Waals surface area contributed by atoms with Crippen LogP contribution >= 0.6 is 0 Å². The zero-order valence-electron chi connectivity index (χ0n) is 16.7. The summed E-state index contributed by atoms with van der Waals surface area (Å²) in [5, 5.41) is 12.5. The summed E-state index contributed by atoms with van der Waals surface area (Å²) < 4.78 is 4.98. The summed E-state index contributed by atoms with van der Waals surface area (Å²) in [6, 6.07) is 9.69. The number of carbonyl (C=O) groups excluding carboxylic acids is 1. The number of nitrogens with zero attached hydrogens (tertiary/aromatic N) is 4. The van der Waals surface area contributed by atoms with E-state index in [1.807, 2.05) is 24.3 Å². The predicted octanol–water partition coefficient (Wildman–Crippen LogP) is 2.48. The average molecular weight is 381 g/mol. The zero-order valence-corrected chi connectivity index (χ0v) is 16.7. The maximum absolute atomic E-state index is 12.7. The number of aromatic nitrogens is 2. The first kappa shape index (κ1) is 20.0. The largest absolute Gasteiger partial charge is 0.383 e. The van der Waals surface area contributed by atoms with Crippen molar-refractivity contribution >= 4 is 22.8 Å². The number of nitriles is 1. The summed E-state index contributed by atoms with van der Waals surface area (Å²) >= 11 is 0. The van der Waals surface area contributed by atoms with Gasteiger partial charge in [0.25, 0.3) is 0 Å². The molecule has 3 rings (SSSR count). The van der Waals surface area contributed by atoms with Gasteiger partial charge in [0, 0.05) is 26.7 Å². The lowest BCUT2D eigenvalue weighted by molar-refractivity contribution is -0.121. The van der Waals surface area contributed by atoms with Gasteiger partial charge in [0.1, 0.15) is 5.69 Å². The van der Waals surface area contributed by atoms with E-state index in [-0.39, 0.29) is 5.91 Å². The van der Waals surface area contributed by atoms with Gasteiger partial charge in [-0.25, -0.2) is 9.97 Å². The van der Waals surface area contributed by atoms with Crippen molar-refractivity contribution < 1.29 is 9.53 Å². The molecule has 148 valence electrons. The molecule has 1 aliphatic heterocycles. The molecule has 7 heteroatoms. The molecule has 3 atom stereocenters. The van der Waals surface area contributed by atoms with Gasteiger partial charge in [0.05, 0.1) is 23.7 Å². The summed E-state index contributed by atoms with van der Waals surface area (Å²) in [6.07, 6.45) is 1.16. The topological polar surface area (TPSA) is 91.1 Å². The second-order valence-electron chi connectivity index (χ2n) is 7.62. The van der Waals surface area contributed by atoms with Crippen LogP contribution in [0, 0.1) is 23.2 Å². The van der Waals surface area contributed by atoms with Crippen LogP contribution < -0.4 is 10.2 Å². The molecular formula is C21H27N5O2. The molecule has 0 bridgehead atoms. The van der Waals surface area contributed by atoms with Gasteiger partial charge in [-0.2, -0.15) is 5.26 Å². The fourth-order valence-corrected chi connectivity index (χ4v) is 3.89. The lowest BCUT2D eigenvalue weighted by Crippen LogP contribution is -2.41. The second-order valence-corrected chi connectivity index (χ2v) is 7.62. The normalized spacial score (nSPS) is 20.6. The summed E-state index contributed by atoms with van der Waals surface area (Å²) in [5.41, 5.74) is 1.88. The van der Waals surface area contributed by atoms with Crippen molar-refractivity contribution in [2.45, 2.75) is 26.2 Å². The minimum atomic E-state index is -1.02. The predicted molar refractivity (Wildman–Crippen MR) is 108 cm³/mol. The van der Waals surface area contributed by atoms with E-state index in [9.17, 15) is 10.1 Å². The molecule has 1 aromatic heterocycles. The van der Waals surface area contributed by atoms with E-state index in [1.54, 1.807) is 7.11 Å². The number of amides is 1. The summed E-state index contributed by atoms with van der Waals surface area (Å²) in [6.45, 7) is 6.86. The number of methoxy groups -OCH3 is 1. The molecule has 0 aliphatic carbocycles. The Labute approximate surface area is 165 Å². The van der Waals surface area contributed by atoms with Crippen LogP contribution in [0.1, 0.15) is 31.9 Å². The summed E-state index contributed by atoms with van der Waals surface area (Å²) in [5.74, 6) is 0.285. The molecule has 0 spiro atoms. The highest BCUT2D eigenvalue weighted by molar-refractivity contribution is 5.88. The van der Waals surface area contributed by atoms with Crippen LogP contribution in [0.3, 0.4) is 0 Å². The Kier molecular flexibility index (Phi) is 6.42. The number of para-hydroxylation sites is 2. The third-order valence-corrected chi connectivity index (χ3v) is 5.02. The number of anilines is 1. The first-order valence-corrected chi connectivity index (χ1v) is 9.71.